The fourth-order valence-electron chi connectivity index (χ4n) is 2.76. The van der Waals surface area contributed by atoms with Crippen LogP contribution in [0.1, 0.15) is 18.4 Å². The van der Waals surface area contributed by atoms with Crippen molar-refractivity contribution in [1.82, 2.24) is 9.80 Å². The zero-order valence-corrected chi connectivity index (χ0v) is 12.4. The summed E-state index contributed by atoms with van der Waals surface area (Å²) in [4.78, 5) is 38.2. The van der Waals surface area contributed by atoms with E-state index in [9.17, 15) is 14.4 Å². The Morgan fingerprint density at radius 2 is 1.91 bits per heavy atom. The molecule has 22 heavy (non-hydrogen) atoms. The molecule has 0 saturated carbocycles. The quantitative estimate of drug-likeness (QED) is 0.769. The standard InChI is InChI=1S/C16H18N2O4/c1-11-3-2-4-13(7-11)22-10-16(21)17-8-12(9-17)18-14(19)5-6-15(18)20/h2-4,7,12H,5-6,8-10H2,1H3. The van der Waals surface area contributed by atoms with Crippen molar-refractivity contribution in [3.8, 4) is 5.75 Å². The number of hydrogen-bond donors (Lipinski definition) is 0. The Kier molecular flexibility index (Phi) is 3.83. The van der Waals surface area contributed by atoms with Crippen LogP contribution < -0.4 is 4.74 Å². The van der Waals surface area contributed by atoms with E-state index in [0.717, 1.165) is 5.56 Å². The van der Waals surface area contributed by atoms with Gasteiger partial charge in [-0.15, -0.1) is 0 Å². The lowest BCUT2D eigenvalue weighted by Crippen LogP contribution is -2.62. The van der Waals surface area contributed by atoms with Gasteiger partial charge in [-0.2, -0.15) is 0 Å². The first kappa shape index (κ1) is 14.6. The molecule has 2 heterocycles. The first-order valence-corrected chi connectivity index (χ1v) is 7.37. The summed E-state index contributed by atoms with van der Waals surface area (Å²) in [6, 6.07) is 7.34. The number of amides is 3. The summed E-state index contributed by atoms with van der Waals surface area (Å²) in [5.74, 6) is 0.281. The number of carbonyl (C=O) groups excluding carboxylic acids is 3. The van der Waals surface area contributed by atoms with Crippen LogP contribution in [0.15, 0.2) is 24.3 Å². The Morgan fingerprint density at radius 3 is 2.55 bits per heavy atom. The van der Waals surface area contributed by atoms with Gasteiger partial charge in [-0.1, -0.05) is 12.1 Å². The minimum absolute atomic E-state index is 0.0297. The van der Waals surface area contributed by atoms with E-state index >= 15 is 0 Å². The first-order chi connectivity index (χ1) is 10.5. The third-order valence-corrected chi connectivity index (χ3v) is 4.02. The fourth-order valence-corrected chi connectivity index (χ4v) is 2.76. The van der Waals surface area contributed by atoms with Gasteiger partial charge in [-0.3, -0.25) is 19.3 Å². The van der Waals surface area contributed by atoms with E-state index in [1.165, 1.54) is 4.90 Å². The maximum absolute atomic E-state index is 12.0. The second-order valence-electron chi connectivity index (χ2n) is 5.72. The Hall–Kier alpha value is -2.37. The van der Waals surface area contributed by atoms with Gasteiger partial charge in [0.1, 0.15) is 5.75 Å². The van der Waals surface area contributed by atoms with Crippen molar-refractivity contribution in [2.45, 2.75) is 25.8 Å². The normalized spacial score (nSPS) is 18.6. The van der Waals surface area contributed by atoms with Crippen molar-refractivity contribution in [3.63, 3.8) is 0 Å². The summed E-state index contributed by atoms with van der Waals surface area (Å²) in [7, 11) is 0. The van der Waals surface area contributed by atoms with Crippen molar-refractivity contribution in [1.29, 1.82) is 0 Å². The maximum atomic E-state index is 12.0. The van der Waals surface area contributed by atoms with Crippen LogP contribution in [0.2, 0.25) is 0 Å². The smallest absolute Gasteiger partial charge is 0.260 e. The largest absolute Gasteiger partial charge is 0.484 e. The minimum atomic E-state index is -0.162. The molecule has 0 spiro atoms. The number of aryl methyl sites for hydroxylation is 1. The van der Waals surface area contributed by atoms with Crippen molar-refractivity contribution >= 4 is 17.7 Å². The second kappa shape index (κ2) is 5.79. The van der Waals surface area contributed by atoms with Gasteiger partial charge in [0.2, 0.25) is 11.8 Å². The van der Waals surface area contributed by atoms with Crippen LogP contribution in [-0.4, -0.2) is 53.3 Å². The molecule has 0 unspecified atom stereocenters. The first-order valence-electron chi connectivity index (χ1n) is 7.37. The number of ether oxygens (including phenoxy) is 1. The molecular formula is C16H18N2O4. The molecule has 0 radical (unpaired) electrons. The average Bonchev–Trinajstić information content (AvgIpc) is 2.76. The molecule has 2 fully saturated rings. The molecule has 0 bridgehead atoms. The summed E-state index contributed by atoms with van der Waals surface area (Å²) in [5.41, 5.74) is 1.07. The third-order valence-electron chi connectivity index (χ3n) is 4.02. The molecule has 0 N–H and O–H groups in total. The summed E-state index contributed by atoms with van der Waals surface area (Å²) in [6.45, 7) is 2.75. The molecule has 2 aliphatic rings. The highest BCUT2D eigenvalue weighted by molar-refractivity contribution is 6.02. The number of benzene rings is 1. The molecule has 0 atom stereocenters. The molecule has 6 heteroatoms. The molecule has 1 aromatic rings. The number of rotatable bonds is 4. The number of likely N-dealkylation sites (tertiary alicyclic amines) is 2. The molecule has 3 amide bonds. The molecular weight excluding hydrogens is 284 g/mol. The lowest BCUT2D eigenvalue weighted by atomic mass is 10.1. The predicted octanol–water partition coefficient (Wildman–Crippen LogP) is 0.734. The maximum Gasteiger partial charge on any atom is 0.260 e. The minimum Gasteiger partial charge on any atom is -0.484 e. The molecule has 6 nitrogen and oxygen atoms in total. The summed E-state index contributed by atoms with van der Waals surface area (Å²) in [5, 5.41) is 0. The highest BCUT2D eigenvalue weighted by atomic mass is 16.5. The monoisotopic (exact) mass is 302 g/mol. The molecule has 1 aromatic carbocycles. The van der Waals surface area contributed by atoms with Crippen LogP contribution in [0, 0.1) is 6.92 Å². The van der Waals surface area contributed by atoms with Crippen molar-refractivity contribution in [2.75, 3.05) is 19.7 Å². The van der Waals surface area contributed by atoms with Gasteiger partial charge >= 0.3 is 0 Å². The highest BCUT2D eigenvalue weighted by Gasteiger charge is 2.42. The van der Waals surface area contributed by atoms with Crippen LogP contribution in [0.3, 0.4) is 0 Å². The summed E-state index contributed by atoms with van der Waals surface area (Å²) >= 11 is 0. The second-order valence-corrected chi connectivity index (χ2v) is 5.72. The summed E-state index contributed by atoms with van der Waals surface area (Å²) in [6.07, 6.45) is 0.583. The Bertz CT molecular complexity index is 606. The van der Waals surface area contributed by atoms with Gasteiger partial charge in [0.05, 0.1) is 6.04 Å². The molecule has 2 saturated heterocycles. The molecule has 0 aliphatic carbocycles. The zero-order valence-electron chi connectivity index (χ0n) is 12.4. The SMILES string of the molecule is Cc1cccc(OCC(=O)N2CC(N3C(=O)CCC3=O)C2)c1. The van der Waals surface area contributed by atoms with Crippen molar-refractivity contribution in [3.05, 3.63) is 29.8 Å². The average molecular weight is 302 g/mol. The molecule has 2 aliphatic heterocycles. The Labute approximate surface area is 128 Å². The number of nitrogens with zero attached hydrogens (tertiary/aromatic N) is 2. The van der Waals surface area contributed by atoms with Crippen LogP contribution in [-0.2, 0) is 14.4 Å². The summed E-state index contributed by atoms with van der Waals surface area (Å²) < 4.78 is 5.47. The van der Waals surface area contributed by atoms with Crippen LogP contribution in [0.25, 0.3) is 0 Å². The van der Waals surface area contributed by atoms with E-state index in [4.69, 9.17) is 4.74 Å². The van der Waals surface area contributed by atoms with E-state index in [-0.39, 0.29) is 30.4 Å². The van der Waals surface area contributed by atoms with E-state index in [1.807, 2.05) is 25.1 Å². The van der Waals surface area contributed by atoms with E-state index in [0.29, 0.717) is 31.7 Å². The van der Waals surface area contributed by atoms with Crippen molar-refractivity contribution < 1.29 is 19.1 Å². The van der Waals surface area contributed by atoms with E-state index in [1.54, 1.807) is 11.0 Å². The highest BCUT2D eigenvalue weighted by Crippen LogP contribution is 2.22. The van der Waals surface area contributed by atoms with Crippen molar-refractivity contribution in [2.24, 2.45) is 0 Å². The van der Waals surface area contributed by atoms with Crippen LogP contribution >= 0.6 is 0 Å². The zero-order chi connectivity index (χ0) is 15.7. The predicted molar refractivity (Wildman–Crippen MR) is 78.1 cm³/mol. The fraction of sp³-hybridized carbons (Fsp3) is 0.438. The Morgan fingerprint density at radius 1 is 1.23 bits per heavy atom. The van der Waals surface area contributed by atoms with Gasteiger partial charge in [0.15, 0.2) is 6.61 Å². The third kappa shape index (κ3) is 2.81. The molecule has 0 aromatic heterocycles. The van der Waals surface area contributed by atoms with E-state index in [2.05, 4.69) is 0 Å². The number of imide groups is 1. The lowest BCUT2D eigenvalue weighted by molar-refractivity contribution is -0.152. The lowest BCUT2D eigenvalue weighted by Gasteiger charge is -2.42. The van der Waals surface area contributed by atoms with Gasteiger partial charge < -0.3 is 9.64 Å². The number of carbonyl (C=O) groups is 3. The van der Waals surface area contributed by atoms with Gasteiger partial charge in [0.25, 0.3) is 5.91 Å². The van der Waals surface area contributed by atoms with Gasteiger partial charge in [-0.05, 0) is 24.6 Å². The molecule has 116 valence electrons. The topological polar surface area (TPSA) is 66.9 Å². The van der Waals surface area contributed by atoms with Crippen LogP contribution in [0.5, 0.6) is 5.75 Å². The molecule has 3 rings (SSSR count). The number of hydrogen-bond acceptors (Lipinski definition) is 4. The Balaban J connectivity index is 1.47. The van der Waals surface area contributed by atoms with Gasteiger partial charge in [-0.25, -0.2) is 0 Å². The van der Waals surface area contributed by atoms with Crippen LogP contribution in [0.4, 0.5) is 0 Å². The van der Waals surface area contributed by atoms with Gasteiger partial charge in [0, 0.05) is 25.9 Å². The van der Waals surface area contributed by atoms with E-state index < -0.39 is 0 Å².